The van der Waals surface area contributed by atoms with Crippen LogP contribution in [-0.4, -0.2) is 34.4 Å². The van der Waals surface area contributed by atoms with Gasteiger partial charge in [-0.3, -0.25) is 9.59 Å². The van der Waals surface area contributed by atoms with E-state index in [1.807, 2.05) is 6.07 Å². The van der Waals surface area contributed by atoms with Crippen LogP contribution in [0.4, 0.5) is 0 Å². The maximum absolute atomic E-state index is 12.1. The number of rotatable bonds is 6. The van der Waals surface area contributed by atoms with Gasteiger partial charge >= 0.3 is 5.97 Å². The summed E-state index contributed by atoms with van der Waals surface area (Å²) in [5.74, 6) is -1.15. The van der Waals surface area contributed by atoms with Gasteiger partial charge in [0, 0.05) is 5.56 Å². The Hall–Kier alpha value is -1.33. The first-order chi connectivity index (χ1) is 8.06. The Morgan fingerprint density at radius 3 is 2.41 bits per heavy atom. The quantitative estimate of drug-likeness (QED) is 0.749. The van der Waals surface area contributed by atoms with E-state index in [4.69, 9.17) is 10.8 Å². The van der Waals surface area contributed by atoms with E-state index in [1.165, 1.54) is 11.8 Å². The predicted octanol–water partition coefficient (Wildman–Crippen LogP) is 1.40. The number of hydrogen-bond donors (Lipinski definition) is 2. The van der Waals surface area contributed by atoms with E-state index in [2.05, 4.69) is 0 Å². The number of carboxylic acids is 1. The zero-order valence-electron chi connectivity index (χ0n) is 9.50. The lowest BCUT2D eigenvalue weighted by Crippen LogP contribution is -2.35. The molecule has 0 fully saturated rings. The lowest BCUT2D eigenvalue weighted by Gasteiger charge is -2.15. The fraction of sp³-hybridized carbons (Fsp3) is 0.333. The molecule has 4 nitrogen and oxygen atoms in total. The minimum atomic E-state index is -1.08. The van der Waals surface area contributed by atoms with Gasteiger partial charge in [0.15, 0.2) is 5.78 Å². The van der Waals surface area contributed by atoms with Crippen molar-refractivity contribution < 1.29 is 14.7 Å². The van der Waals surface area contributed by atoms with Crippen LogP contribution in [0.3, 0.4) is 0 Å². The van der Waals surface area contributed by atoms with Gasteiger partial charge in [0.25, 0.3) is 0 Å². The van der Waals surface area contributed by atoms with Crippen molar-refractivity contribution >= 4 is 23.5 Å². The molecule has 0 saturated heterocycles. The SMILES string of the molecule is CSC(C[C@H](N)C(=O)O)C(=O)c1ccccc1. The first-order valence-electron chi connectivity index (χ1n) is 5.16. The molecular weight excluding hydrogens is 238 g/mol. The molecule has 3 N–H and O–H groups in total. The van der Waals surface area contributed by atoms with Gasteiger partial charge in [0.1, 0.15) is 6.04 Å². The third kappa shape index (κ3) is 3.87. The highest BCUT2D eigenvalue weighted by atomic mass is 32.2. The van der Waals surface area contributed by atoms with Crippen LogP contribution in [0.2, 0.25) is 0 Å². The average molecular weight is 253 g/mol. The molecule has 0 amide bonds. The molecule has 2 atom stereocenters. The summed E-state index contributed by atoms with van der Waals surface area (Å²) in [5, 5.41) is 8.32. The first-order valence-corrected chi connectivity index (χ1v) is 6.45. The average Bonchev–Trinajstić information content (AvgIpc) is 2.35. The van der Waals surface area contributed by atoms with Crippen LogP contribution in [0.25, 0.3) is 0 Å². The van der Waals surface area contributed by atoms with E-state index >= 15 is 0 Å². The predicted molar refractivity (Wildman–Crippen MR) is 68.3 cm³/mol. The van der Waals surface area contributed by atoms with Gasteiger partial charge < -0.3 is 10.8 Å². The van der Waals surface area contributed by atoms with Crippen LogP contribution in [-0.2, 0) is 4.79 Å². The third-order valence-electron chi connectivity index (χ3n) is 2.42. The largest absolute Gasteiger partial charge is 0.480 e. The molecule has 1 aromatic rings. The van der Waals surface area contributed by atoms with Crippen molar-refractivity contribution in [1.29, 1.82) is 0 Å². The fourth-order valence-electron chi connectivity index (χ4n) is 1.43. The molecule has 1 aromatic carbocycles. The Morgan fingerprint density at radius 1 is 1.35 bits per heavy atom. The van der Waals surface area contributed by atoms with Gasteiger partial charge in [-0.1, -0.05) is 30.3 Å². The lowest BCUT2D eigenvalue weighted by atomic mass is 10.0. The molecule has 0 aliphatic rings. The van der Waals surface area contributed by atoms with Crippen LogP contribution >= 0.6 is 11.8 Å². The number of carbonyl (C=O) groups excluding carboxylic acids is 1. The molecule has 0 aromatic heterocycles. The molecule has 0 aliphatic heterocycles. The minimum Gasteiger partial charge on any atom is -0.480 e. The second kappa shape index (κ2) is 6.42. The van der Waals surface area contributed by atoms with Crippen molar-refractivity contribution in [1.82, 2.24) is 0 Å². The van der Waals surface area contributed by atoms with Gasteiger partial charge in [-0.25, -0.2) is 0 Å². The van der Waals surface area contributed by atoms with Gasteiger partial charge in [-0.05, 0) is 12.7 Å². The van der Waals surface area contributed by atoms with Crippen LogP contribution in [0.15, 0.2) is 30.3 Å². The molecule has 0 heterocycles. The van der Waals surface area contributed by atoms with E-state index < -0.39 is 17.3 Å². The maximum atomic E-state index is 12.1. The molecule has 5 heteroatoms. The Balaban J connectivity index is 2.75. The van der Waals surface area contributed by atoms with Crippen LogP contribution in [0.1, 0.15) is 16.8 Å². The molecule has 1 unspecified atom stereocenters. The first kappa shape index (κ1) is 13.7. The summed E-state index contributed by atoms with van der Waals surface area (Å²) in [6, 6.07) is 7.83. The summed E-state index contributed by atoms with van der Waals surface area (Å²) in [6.07, 6.45) is 1.92. The van der Waals surface area contributed by atoms with E-state index in [0.29, 0.717) is 5.56 Å². The number of Topliss-reactive ketones (excluding diaryl/α,β-unsaturated/α-hetero) is 1. The fourth-order valence-corrected chi connectivity index (χ4v) is 2.18. The number of carbonyl (C=O) groups is 2. The molecule has 0 radical (unpaired) electrons. The monoisotopic (exact) mass is 253 g/mol. The minimum absolute atomic E-state index is 0.0743. The molecule has 1 rings (SSSR count). The Kier molecular flexibility index (Phi) is 5.18. The van der Waals surface area contributed by atoms with Crippen molar-refractivity contribution in [2.45, 2.75) is 17.7 Å². The van der Waals surface area contributed by atoms with E-state index in [-0.39, 0.29) is 12.2 Å². The van der Waals surface area contributed by atoms with Crippen molar-refractivity contribution in [2.24, 2.45) is 5.73 Å². The second-order valence-electron chi connectivity index (χ2n) is 3.64. The Labute approximate surface area is 104 Å². The molecule has 92 valence electrons. The summed E-state index contributed by atoms with van der Waals surface area (Å²) >= 11 is 1.33. The zero-order valence-corrected chi connectivity index (χ0v) is 10.3. The number of ketones is 1. The number of thioether (sulfide) groups is 1. The molecule has 0 spiro atoms. The third-order valence-corrected chi connectivity index (χ3v) is 3.40. The standard InChI is InChI=1S/C12H15NO3S/c1-17-10(7-9(13)12(15)16)11(14)8-5-3-2-4-6-8/h2-6,9-10H,7,13H2,1H3,(H,15,16)/t9-,10?/m0/s1. The number of carboxylic acid groups (broad SMARTS) is 1. The Bertz CT molecular complexity index is 394. The normalized spacial score (nSPS) is 14.0. The van der Waals surface area contributed by atoms with Crippen molar-refractivity contribution in [3.8, 4) is 0 Å². The highest BCUT2D eigenvalue weighted by Gasteiger charge is 2.24. The summed E-state index contributed by atoms with van der Waals surface area (Å²) in [4.78, 5) is 22.7. The van der Waals surface area contributed by atoms with Crippen molar-refractivity contribution in [3.05, 3.63) is 35.9 Å². The van der Waals surface area contributed by atoms with Gasteiger partial charge in [-0.15, -0.1) is 0 Å². The van der Waals surface area contributed by atoms with Crippen molar-refractivity contribution in [2.75, 3.05) is 6.26 Å². The van der Waals surface area contributed by atoms with Gasteiger partial charge in [0.2, 0.25) is 0 Å². The van der Waals surface area contributed by atoms with Crippen molar-refractivity contribution in [3.63, 3.8) is 0 Å². The van der Waals surface area contributed by atoms with Crippen LogP contribution in [0, 0.1) is 0 Å². The summed E-state index contributed by atoms with van der Waals surface area (Å²) in [6.45, 7) is 0. The molecule has 17 heavy (non-hydrogen) atoms. The Morgan fingerprint density at radius 2 is 1.94 bits per heavy atom. The number of benzene rings is 1. The topological polar surface area (TPSA) is 80.4 Å². The lowest BCUT2D eigenvalue weighted by molar-refractivity contribution is -0.138. The van der Waals surface area contributed by atoms with E-state index in [9.17, 15) is 9.59 Å². The molecule has 0 saturated carbocycles. The van der Waals surface area contributed by atoms with Crippen LogP contribution < -0.4 is 5.73 Å². The highest BCUT2D eigenvalue weighted by molar-refractivity contribution is 7.99. The number of hydrogen-bond acceptors (Lipinski definition) is 4. The number of aliphatic carboxylic acids is 1. The zero-order chi connectivity index (χ0) is 12.8. The van der Waals surface area contributed by atoms with Gasteiger partial charge in [0.05, 0.1) is 5.25 Å². The van der Waals surface area contributed by atoms with E-state index in [1.54, 1.807) is 30.5 Å². The maximum Gasteiger partial charge on any atom is 0.320 e. The summed E-state index contributed by atoms with van der Waals surface area (Å²) in [5.41, 5.74) is 6.03. The number of nitrogens with two attached hydrogens (primary N) is 1. The van der Waals surface area contributed by atoms with Gasteiger partial charge in [-0.2, -0.15) is 11.8 Å². The molecule has 0 bridgehead atoms. The molecule has 0 aliphatic carbocycles. The summed E-state index contributed by atoms with van der Waals surface area (Å²) in [7, 11) is 0. The highest BCUT2D eigenvalue weighted by Crippen LogP contribution is 2.18. The summed E-state index contributed by atoms with van der Waals surface area (Å²) < 4.78 is 0. The second-order valence-corrected chi connectivity index (χ2v) is 4.68. The van der Waals surface area contributed by atoms with Crippen LogP contribution in [0.5, 0.6) is 0 Å². The smallest absolute Gasteiger partial charge is 0.320 e. The molecular formula is C12H15NO3S. The van der Waals surface area contributed by atoms with E-state index in [0.717, 1.165) is 0 Å².